The van der Waals surface area contributed by atoms with Crippen LogP contribution in [0.25, 0.3) is 0 Å². The van der Waals surface area contributed by atoms with Crippen LogP contribution in [0.4, 0.5) is 0 Å². The number of carboxylic acids is 1. The zero-order valence-electron chi connectivity index (χ0n) is 44.4. The first-order valence-corrected chi connectivity index (χ1v) is 27.2. The molecule has 4 heterocycles. The molecule has 7 unspecified atom stereocenters. The first kappa shape index (κ1) is 58.6. The Morgan fingerprint density at radius 3 is 1.83 bits per heavy atom. The lowest BCUT2D eigenvalue weighted by atomic mass is 9.33. The van der Waals surface area contributed by atoms with Crippen LogP contribution in [0.15, 0.2) is 11.6 Å². The molecule has 27 atom stereocenters. The van der Waals surface area contributed by atoms with Gasteiger partial charge in [-0.15, -0.1) is 0 Å². The van der Waals surface area contributed by atoms with Gasteiger partial charge in [0.25, 0.3) is 0 Å². The predicted molar refractivity (Wildman–Crippen MR) is 257 cm³/mol. The lowest BCUT2D eigenvalue weighted by Crippen LogP contribution is -2.68. The fourth-order valence-electron chi connectivity index (χ4n) is 16.2. The molecule has 0 aromatic carbocycles. The average Bonchev–Trinajstić information content (AvgIpc) is 3.53. The summed E-state index contributed by atoms with van der Waals surface area (Å²) in [5.41, 5.74) is -1.43. The van der Waals surface area contributed by atoms with Gasteiger partial charge >= 0.3 is 11.9 Å². The number of hydrogen-bond donors (Lipinski definition) is 13. The molecular formula is C53H84O23. The Labute approximate surface area is 442 Å². The van der Waals surface area contributed by atoms with Gasteiger partial charge in [-0.1, -0.05) is 60.1 Å². The van der Waals surface area contributed by atoms with Gasteiger partial charge in [-0.2, -0.15) is 0 Å². The summed E-state index contributed by atoms with van der Waals surface area (Å²) in [6.45, 7) is 13.7. The van der Waals surface area contributed by atoms with E-state index in [0.717, 1.165) is 19.3 Å². The second kappa shape index (κ2) is 21.0. The number of aliphatic hydroxyl groups is 12. The van der Waals surface area contributed by atoms with Crippen LogP contribution in [-0.4, -0.2) is 221 Å². The quantitative estimate of drug-likeness (QED) is 0.0649. The SMILES string of the molecule is CC1(C)CCC2(C(=O)O[C@@H]3O[C@H](CO)[C@@H](O)[C@@H](O)[C@H]3O)CC[C@]3(C)C(=CCC4C5(C)CCC(O[C@@H]6O[C@H](C(=O)O)[C@@H](O)[C@@H](O[C@@H]7O[C@H](CO)[C@@H](O)[C@@H](O)[C@H]7O)[C@H]6O[C@H]6OC[C@@H](O)[C@@H](O)[C@H]6O)C(C)(C)C5CCC43C)C2C1. The third-order valence-corrected chi connectivity index (χ3v) is 21.0. The van der Waals surface area contributed by atoms with E-state index in [1.54, 1.807) is 0 Å². The van der Waals surface area contributed by atoms with Crippen molar-refractivity contribution in [2.24, 2.45) is 50.2 Å². The first-order chi connectivity index (χ1) is 35.5. The molecule has 23 heteroatoms. The number of carbonyl (C=O) groups excluding carboxylic acids is 1. The van der Waals surface area contributed by atoms with Gasteiger partial charge in [-0.05, 0) is 109 Å². The van der Waals surface area contributed by atoms with Crippen LogP contribution in [0.1, 0.15) is 113 Å². The summed E-state index contributed by atoms with van der Waals surface area (Å²) in [6, 6.07) is 0. The van der Waals surface area contributed by atoms with Gasteiger partial charge in [0, 0.05) is 0 Å². The average molecular weight is 1090 g/mol. The van der Waals surface area contributed by atoms with E-state index in [9.17, 15) is 76.0 Å². The number of ether oxygens (including phenoxy) is 8. The molecule has 9 aliphatic rings. The molecule has 76 heavy (non-hydrogen) atoms. The number of allylic oxidation sites excluding steroid dienone is 2. The fraction of sp³-hybridized carbons (Fsp3) is 0.925. The second-order valence-corrected chi connectivity index (χ2v) is 25.9. The van der Waals surface area contributed by atoms with Crippen molar-refractivity contribution in [2.45, 2.75) is 235 Å². The minimum Gasteiger partial charge on any atom is -0.479 e. The zero-order chi connectivity index (χ0) is 55.6. The number of aliphatic hydroxyl groups excluding tert-OH is 12. The Bertz CT molecular complexity index is 2140. The normalized spacial score (nSPS) is 52.9. The zero-order valence-corrected chi connectivity index (χ0v) is 44.4. The van der Waals surface area contributed by atoms with Gasteiger partial charge in [0.1, 0.15) is 85.5 Å². The van der Waals surface area contributed by atoms with Gasteiger partial charge in [0.2, 0.25) is 6.29 Å². The maximum absolute atomic E-state index is 14.8. The smallest absolute Gasteiger partial charge is 0.335 e. The molecule has 434 valence electrons. The molecule has 4 aliphatic heterocycles. The molecule has 5 aliphatic carbocycles. The highest BCUT2D eigenvalue weighted by Gasteiger charge is 2.70. The summed E-state index contributed by atoms with van der Waals surface area (Å²) in [4.78, 5) is 27.6. The highest BCUT2D eigenvalue weighted by molar-refractivity contribution is 5.79. The second-order valence-electron chi connectivity index (χ2n) is 25.9. The summed E-state index contributed by atoms with van der Waals surface area (Å²) in [5.74, 6) is -2.22. The predicted octanol–water partition coefficient (Wildman–Crippen LogP) is -1.30. The molecule has 0 spiro atoms. The first-order valence-electron chi connectivity index (χ1n) is 27.2. The maximum atomic E-state index is 14.8. The number of rotatable bonds is 11. The highest BCUT2D eigenvalue weighted by atomic mass is 16.8. The Hall–Kier alpha value is -2.08. The number of carbonyl (C=O) groups is 2. The molecule has 0 aromatic rings. The number of fused-ring (bicyclic) bond motifs is 7. The van der Waals surface area contributed by atoms with Crippen molar-refractivity contribution in [3.05, 3.63) is 11.6 Å². The topological polar surface area (TPSA) is 371 Å². The van der Waals surface area contributed by atoms with Crippen molar-refractivity contribution in [1.82, 2.24) is 0 Å². The molecule has 4 saturated heterocycles. The summed E-state index contributed by atoms with van der Waals surface area (Å²) in [5, 5.41) is 138. The third kappa shape index (κ3) is 9.42. The van der Waals surface area contributed by atoms with Crippen LogP contribution in [0, 0.1) is 50.2 Å². The number of esters is 1. The largest absolute Gasteiger partial charge is 0.479 e. The third-order valence-electron chi connectivity index (χ3n) is 21.0. The Balaban J connectivity index is 0.996. The Morgan fingerprint density at radius 1 is 0.605 bits per heavy atom. The lowest BCUT2D eigenvalue weighted by molar-refractivity contribution is -0.391. The van der Waals surface area contributed by atoms with Crippen LogP contribution in [-0.2, 0) is 47.5 Å². The van der Waals surface area contributed by atoms with Gasteiger partial charge < -0.3 is 104 Å². The van der Waals surface area contributed by atoms with E-state index in [4.69, 9.17) is 37.9 Å². The molecule has 0 amide bonds. The summed E-state index contributed by atoms with van der Waals surface area (Å²) in [7, 11) is 0. The minimum atomic E-state index is -2.10. The molecule has 0 aromatic heterocycles. The molecule has 0 radical (unpaired) electrons. The summed E-state index contributed by atoms with van der Waals surface area (Å²) in [6.07, 6.45) is -25.0. The maximum Gasteiger partial charge on any atom is 0.335 e. The minimum absolute atomic E-state index is 0.00491. The van der Waals surface area contributed by atoms with Gasteiger partial charge in [0.05, 0.1) is 31.3 Å². The molecule has 8 fully saturated rings. The Kier molecular flexibility index (Phi) is 16.2. The van der Waals surface area contributed by atoms with Crippen LogP contribution in [0.5, 0.6) is 0 Å². The standard InChI is InChI=1S/C53H84O23/c1-48(2)14-16-53(47(68)76-45-37(64)34(61)32(59)26(20-55)71-45)17-15-51(6)22(23(53)18-48)8-9-28-50(5)12-11-29(49(3,4)27(50)10-13-52(28,51)7)72-46-41(75-43-35(62)30(57)24(56)21-69-43)39(38(65)40(74-46)42(66)67)73-44-36(63)33(60)31(58)25(19-54)70-44/h8,23-41,43-46,54-65H,9-21H2,1-7H3,(H,66,67)/t23?,24-,25-,26-,27?,28?,29?,30-,31-,32-,33-,34-,35-,36-,37-,38+,39-,40+,41-,43-,44+,45+,46-,50?,51-,52?,53?/m1/s1. The molecule has 23 nitrogen and oxygen atoms in total. The monoisotopic (exact) mass is 1090 g/mol. The Morgan fingerprint density at radius 2 is 1.20 bits per heavy atom. The van der Waals surface area contributed by atoms with Gasteiger partial charge in [-0.3, -0.25) is 4.79 Å². The van der Waals surface area contributed by atoms with Crippen molar-refractivity contribution >= 4 is 11.9 Å². The van der Waals surface area contributed by atoms with E-state index in [1.807, 2.05) is 0 Å². The van der Waals surface area contributed by atoms with Crippen molar-refractivity contribution in [3.63, 3.8) is 0 Å². The van der Waals surface area contributed by atoms with E-state index in [-0.39, 0.29) is 39.4 Å². The van der Waals surface area contributed by atoms with E-state index >= 15 is 0 Å². The van der Waals surface area contributed by atoms with Gasteiger partial charge in [0.15, 0.2) is 25.0 Å². The summed E-state index contributed by atoms with van der Waals surface area (Å²) >= 11 is 0. The van der Waals surface area contributed by atoms with E-state index < -0.39 is 165 Å². The van der Waals surface area contributed by atoms with Crippen LogP contribution >= 0.6 is 0 Å². The molecular weight excluding hydrogens is 1000 g/mol. The van der Waals surface area contributed by atoms with Crippen LogP contribution < -0.4 is 0 Å². The molecule has 0 bridgehead atoms. The van der Waals surface area contributed by atoms with Crippen molar-refractivity contribution in [2.75, 3.05) is 19.8 Å². The number of carboxylic acid groups (broad SMARTS) is 1. The molecule has 9 rings (SSSR count). The van der Waals surface area contributed by atoms with Gasteiger partial charge in [-0.25, -0.2) is 4.79 Å². The fourth-order valence-corrected chi connectivity index (χ4v) is 16.2. The van der Waals surface area contributed by atoms with E-state index in [2.05, 4.69) is 54.5 Å². The lowest BCUT2D eigenvalue weighted by Gasteiger charge is -2.71. The summed E-state index contributed by atoms with van der Waals surface area (Å²) < 4.78 is 48.1. The highest BCUT2D eigenvalue weighted by Crippen LogP contribution is 2.76. The molecule has 4 saturated carbocycles. The number of hydrogen-bond acceptors (Lipinski definition) is 22. The number of aliphatic carboxylic acids is 1. The molecule has 13 N–H and O–H groups in total. The van der Waals surface area contributed by atoms with Crippen molar-refractivity contribution < 1.29 is 114 Å². The van der Waals surface area contributed by atoms with Crippen LogP contribution in [0.3, 0.4) is 0 Å². The van der Waals surface area contributed by atoms with Crippen molar-refractivity contribution in [1.29, 1.82) is 0 Å². The van der Waals surface area contributed by atoms with E-state index in [1.165, 1.54) is 5.57 Å². The van der Waals surface area contributed by atoms with Crippen LogP contribution in [0.2, 0.25) is 0 Å². The van der Waals surface area contributed by atoms with E-state index in [0.29, 0.717) is 44.9 Å². The van der Waals surface area contributed by atoms with Crippen molar-refractivity contribution in [3.8, 4) is 0 Å².